The van der Waals surface area contributed by atoms with E-state index in [1.807, 2.05) is 0 Å². The Morgan fingerprint density at radius 2 is 0.906 bits per heavy atom. The third kappa shape index (κ3) is 4.85. The highest BCUT2D eigenvalue weighted by molar-refractivity contribution is 6.22. The van der Waals surface area contributed by atoms with Crippen molar-refractivity contribution in [3.63, 3.8) is 0 Å². The summed E-state index contributed by atoms with van der Waals surface area (Å²) in [6, 6.07) is 75.5. The van der Waals surface area contributed by atoms with Crippen LogP contribution in [0.15, 0.2) is 206 Å². The van der Waals surface area contributed by atoms with Crippen LogP contribution in [0.2, 0.25) is 0 Å². The Labute approximate surface area is 311 Å². The lowest BCUT2D eigenvalue weighted by atomic mass is 9.73. The molecule has 0 amide bonds. The maximum Gasteiger partial charge on any atom is 0.0512 e. The van der Waals surface area contributed by atoms with Crippen molar-refractivity contribution in [3.8, 4) is 33.4 Å². The smallest absolute Gasteiger partial charge is 0.0512 e. The highest BCUT2D eigenvalue weighted by Crippen LogP contribution is 2.57. The molecule has 1 unspecified atom stereocenters. The highest BCUT2D eigenvalue weighted by Gasteiger charge is 2.43. The van der Waals surface area contributed by atoms with Crippen molar-refractivity contribution >= 4 is 38.6 Å². The van der Waals surface area contributed by atoms with Crippen LogP contribution in [0.4, 0.5) is 17.1 Å². The summed E-state index contributed by atoms with van der Waals surface area (Å²) in [4.78, 5) is 2.48. The predicted octanol–water partition coefficient (Wildman–Crippen LogP) is 14.1. The molecule has 0 fully saturated rings. The number of hydrogen-bond acceptors (Lipinski definition) is 1. The van der Waals surface area contributed by atoms with Crippen LogP contribution >= 0.6 is 0 Å². The Hall–Kier alpha value is -6.70. The van der Waals surface area contributed by atoms with E-state index in [1.165, 1.54) is 77.3 Å². The molecule has 53 heavy (non-hydrogen) atoms. The van der Waals surface area contributed by atoms with E-state index in [0.29, 0.717) is 0 Å². The van der Waals surface area contributed by atoms with Crippen LogP contribution in [0, 0.1) is 0 Å². The molecule has 1 nitrogen and oxygen atoms in total. The molecule has 0 saturated heterocycles. The SMILES string of the molecule is CC1(c2ccccc2)c2ccccc2-c2cccc(N(c3ccccc3)c3ccc4c(c3)c(-c3ccccc3)c(-c3ccccc3)c3ccccc34)c21. The van der Waals surface area contributed by atoms with Gasteiger partial charge in [-0.05, 0) is 109 Å². The Morgan fingerprint density at radius 1 is 0.377 bits per heavy atom. The minimum Gasteiger partial charge on any atom is -0.310 e. The van der Waals surface area contributed by atoms with Gasteiger partial charge in [-0.2, -0.15) is 0 Å². The second kappa shape index (κ2) is 12.5. The van der Waals surface area contributed by atoms with Gasteiger partial charge in [0.2, 0.25) is 0 Å². The summed E-state index contributed by atoms with van der Waals surface area (Å²) in [7, 11) is 0. The Balaban J connectivity index is 1.31. The van der Waals surface area contributed by atoms with E-state index in [2.05, 4.69) is 218 Å². The van der Waals surface area contributed by atoms with Gasteiger partial charge in [-0.25, -0.2) is 0 Å². The van der Waals surface area contributed by atoms with Gasteiger partial charge in [0.1, 0.15) is 0 Å². The van der Waals surface area contributed by atoms with E-state index in [0.717, 1.165) is 11.4 Å². The van der Waals surface area contributed by atoms with Gasteiger partial charge in [-0.15, -0.1) is 0 Å². The van der Waals surface area contributed by atoms with Gasteiger partial charge >= 0.3 is 0 Å². The van der Waals surface area contributed by atoms with Gasteiger partial charge in [0.15, 0.2) is 0 Å². The average molecular weight is 676 g/mol. The van der Waals surface area contributed by atoms with Crippen molar-refractivity contribution in [1.29, 1.82) is 0 Å². The molecule has 0 heterocycles. The molecule has 1 atom stereocenters. The number of fused-ring (bicyclic) bond motifs is 6. The normalized spacial score (nSPS) is 14.6. The van der Waals surface area contributed by atoms with E-state index in [9.17, 15) is 0 Å². The molecule has 0 spiro atoms. The zero-order chi connectivity index (χ0) is 35.4. The van der Waals surface area contributed by atoms with Gasteiger partial charge < -0.3 is 4.90 Å². The molecule has 10 rings (SSSR count). The number of hydrogen-bond donors (Lipinski definition) is 0. The first-order chi connectivity index (χ1) is 26.2. The Kier molecular flexibility index (Phi) is 7.33. The van der Waals surface area contributed by atoms with Gasteiger partial charge in [0, 0.05) is 16.8 Å². The number of rotatable bonds is 6. The van der Waals surface area contributed by atoms with Crippen LogP contribution in [0.3, 0.4) is 0 Å². The first kappa shape index (κ1) is 31.1. The average Bonchev–Trinajstić information content (AvgIpc) is 3.51. The van der Waals surface area contributed by atoms with Crippen LogP contribution in [0.5, 0.6) is 0 Å². The Morgan fingerprint density at radius 3 is 1.60 bits per heavy atom. The van der Waals surface area contributed by atoms with Crippen molar-refractivity contribution in [2.45, 2.75) is 12.3 Å². The van der Waals surface area contributed by atoms with Crippen molar-refractivity contribution in [2.24, 2.45) is 0 Å². The summed E-state index contributed by atoms with van der Waals surface area (Å²) in [5.74, 6) is 0. The number of nitrogens with zero attached hydrogens (tertiary/aromatic N) is 1. The Bertz CT molecular complexity index is 2770. The first-order valence-corrected chi connectivity index (χ1v) is 18.5. The fourth-order valence-corrected chi connectivity index (χ4v) is 8.97. The van der Waals surface area contributed by atoms with Crippen LogP contribution in [-0.4, -0.2) is 0 Å². The zero-order valence-electron chi connectivity index (χ0n) is 29.6. The standard InChI is InChI=1S/C52H37N/c1-52(38-23-10-4-11-24-38)47-31-17-16-28-43(47)45-30-18-32-48(51(45)52)53(39-25-12-5-13-26-39)40-33-34-42-41-27-14-15-29-44(41)49(36-19-6-2-7-20-36)50(46(42)35-40)37-21-8-3-9-22-37/h2-35H,1H3. The maximum absolute atomic E-state index is 2.48. The third-order valence-corrected chi connectivity index (χ3v) is 11.3. The molecule has 0 aliphatic heterocycles. The van der Waals surface area contributed by atoms with Crippen molar-refractivity contribution in [3.05, 3.63) is 223 Å². The number of para-hydroxylation sites is 1. The lowest BCUT2D eigenvalue weighted by Gasteiger charge is -2.35. The maximum atomic E-state index is 2.48. The van der Waals surface area contributed by atoms with Crippen LogP contribution < -0.4 is 4.90 Å². The lowest BCUT2D eigenvalue weighted by Crippen LogP contribution is -2.25. The third-order valence-electron chi connectivity index (χ3n) is 11.3. The van der Waals surface area contributed by atoms with E-state index >= 15 is 0 Å². The van der Waals surface area contributed by atoms with Crippen LogP contribution in [0.25, 0.3) is 54.9 Å². The molecule has 0 radical (unpaired) electrons. The predicted molar refractivity (Wildman–Crippen MR) is 224 cm³/mol. The molecule has 9 aromatic carbocycles. The van der Waals surface area contributed by atoms with Crippen LogP contribution in [-0.2, 0) is 5.41 Å². The van der Waals surface area contributed by atoms with Crippen molar-refractivity contribution < 1.29 is 0 Å². The van der Waals surface area contributed by atoms with Crippen molar-refractivity contribution in [2.75, 3.05) is 4.90 Å². The van der Waals surface area contributed by atoms with Gasteiger partial charge in [0.05, 0.1) is 5.69 Å². The minimum atomic E-state index is -0.362. The largest absolute Gasteiger partial charge is 0.310 e. The highest BCUT2D eigenvalue weighted by atomic mass is 15.1. The molecule has 1 aliphatic carbocycles. The second-order valence-corrected chi connectivity index (χ2v) is 14.2. The van der Waals surface area contributed by atoms with E-state index in [1.54, 1.807) is 0 Å². The molecule has 0 saturated carbocycles. The first-order valence-electron chi connectivity index (χ1n) is 18.5. The summed E-state index contributed by atoms with van der Waals surface area (Å²) in [6.07, 6.45) is 0. The summed E-state index contributed by atoms with van der Waals surface area (Å²) in [6.45, 7) is 2.41. The molecule has 1 aliphatic rings. The lowest BCUT2D eigenvalue weighted by molar-refractivity contribution is 0.714. The van der Waals surface area contributed by atoms with Gasteiger partial charge in [0.25, 0.3) is 0 Å². The topological polar surface area (TPSA) is 3.24 Å². The number of anilines is 3. The zero-order valence-corrected chi connectivity index (χ0v) is 29.6. The summed E-state index contributed by atoms with van der Waals surface area (Å²) in [5, 5.41) is 4.99. The van der Waals surface area contributed by atoms with E-state index in [4.69, 9.17) is 0 Å². The summed E-state index contributed by atoms with van der Waals surface area (Å²) < 4.78 is 0. The monoisotopic (exact) mass is 675 g/mol. The molecule has 0 N–H and O–H groups in total. The van der Waals surface area contributed by atoms with E-state index in [-0.39, 0.29) is 5.41 Å². The molecule has 9 aromatic rings. The quantitative estimate of drug-likeness (QED) is 0.159. The van der Waals surface area contributed by atoms with Gasteiger partial charge in [-0.3, -0.25) is 0 Å². The molecular formula is C52H37N. The fraction of sp³-hybridized carbons (Fsp3) is 0.0385. The fourth-order valence-electron chi connectivity index (χ4n) is 8.97. The van der Waals surface area contributed by atoms with Crippen molar-refractivity contribution in [1.82, 2.24) is 0 Å². The van der Waals surface area contributed by atoms with E-state index < -0.39 is 0 Å². The summed E-state index contributed by atoms with van der Waals surface area (Å²) in [5.41, 5.74) is 14.5. The number of benzene rings is 9. The van der Waals surface area contributed by atoms with Gasteiger partial charge in [-0.1, -0.05) is 176 Å². The molecule has 0 aromatic heterocycles. The minimum absolute atomic E-state index is 0.362. The molecule has 0 bridgehead atoms. The molecule has 1 heteroatoms. The summed E-state index contributed by atoms with van der Waals surface area (Å²) >= 11 is 0. The van der Waals surface area contributed by atoms with Crippen LogP contribution in [0.1, 0.15) is 23.6 Å². The second-order valence-electron chi connectivity index (χ2n) is 14.2. The molecule has 250 valence electrons. The molecular weight excluding hydrogens is 639 g/mol.